The summed E-state index contributed by atoms with van der Waals surface area (Å²) in [7, 11) is 4.08. The van der Waals surface area contributed by atoms with Crippen LogP contribution in [0.2, 0.25) is 0 Å². The molecule has 2 heterocycles. The number of aryl methyl sites for hydroxylation is 1. The molecule has 1 aromatic heterocycles. The van der Waals surface area contributed by atoms with Crippen LogP contribution < -0.4 is 0 Å². The number of β-amino-alcohol motifs (C(OH)–C–C–N with tert-alkyl or cyclic N) is 1. The number of halogens is 1. The molecule has 2 aromatic rings. The van der Waals surface area contributed by atoms with E-state index in [1.165, 1.54) is 12.1 Å². The maximum Gasteiger partial charge on any atom is 0.146 e. The first-order valence-electron chi connectivity index (χ1n) is 8.65. The highest BCUT2D eigenvalue weighted by molar-refractivity contribution is 5.19. The summed E-state index contributed by atoms with van der Waals surface area (Å²) in [5.74, 6) is 1.56. The molecule has 0 spiro atoms. The Labute approximate surface area is 147 Å². The molecule has 1 aromatic carbocycles. The van der Waals surface area contributed by atoms with E-state index in [9.17, 15) is 9.50 Å². The summed E-state index contributed by atoms with van der Waals surface area (Å²) in [5, 5.41) is 18.7. The Morgan fingerprint density at radius 1 is 1.40 bits per heavy atom. The normalized spacial score (nSPS) is 19.7. The van der Waals surface area contributed by atoms with Gasteiger partial charge in [0.1, 0.15) is 17.5 Å². The summed E-state index contributed by atoms with van der Waals surface area (Å²) < 4.78 is 15.3. The maximum absolute atomic E-state index is 13.3. The second-order valence-electron chi connectivity index (χ2n) is 6.91. The molecule has 25 heavy (non-hydrogen) atoms. The van der Waals surface area contributed by atoms with E-state index in [0.717, 1.165) is 37.7 Å². The van der Waals surface area contributed by atoms with E-state index in [2.05, 4.69) is 27.0 Å². The molecule has 1 saturated heterocycles. The third kappa shape index (κ3) is 4.23. The van der Waals surface area contributed by atoms with Crippen LogP contribution in [0.25, 0.3) is 0 Å². The van der Waals surface area contributed by atoms with E-state index in [1.807, 2.05) is 18.5 Å². The monoisotopic (exact) mass is 347 g/mol. The molecular weight excluding hydrogens is 321 g/mol. The number of aliphatic hydroxyl groups excluding tert-OH is 1. The number of benzene rings is 1. The van der Waals surface area contributed by atoms with Crippen molar-refractivity contribution in [3.05, 3.63) is 47.3 Å². The fourth-order valence-corrected chi connectivity index (χ4v) is 3.34. The number of likely N-dealkylation sites (tertiary alicyclic amines) is 1. The molecule has 6 nitrogen and oxygen atoms in total. The van der Waals surface area contributed by atoms with Crippen LogP contribution in [0.15, 0.2) is 24.3 Å². The summed E-state index contributed by atoms with van der Waals surface area (Å²) >= 11 is 0. The zero-order valence-electron chi connectivity index (χ0n) is 15.1. The van der Waals surface area contributed by atoms with Crippen LogP contribution in [-0.4, -0.2) is 62.4 Å². The van der Waals surface area contributed by atoms with Crippen LogP contribution in [0.5, 0.6) is 0 Å². The van der Waals surface area contributed by atoms with Gasteiger partial charge in [-0.1, -0.05) is 12.1 Å². The van der Waals surface area contributed by atoms with Crippen LogP contribution in [-0.2, 0) is 13.6 Å². The summed E-state index contributed by atoms with van der Waals surface area (Å²) in [6.07, 6.45) is 0.379. The third-order valence-electron chi connectivity index (χ3n) is 5.11. The van der Waals surface area contributed by atoms with Gasteiger partial charge in [0.25, 0.3) is 0 Å². The van der Waals surface area contributed by atoms with Gasteiger partial charge in [-0.15, -0.1) is 10.2 Å². The average molecular weight is 347 g/mol. The highest BCUT2D eigenvalue weighted by Crippen LogP contribution is 2.21. The number of rotatable bonds is 6. The highest BCUT2D eigenvalue weighted by Gasteiger charge is 2.28. The van der Waals surface area contributed by atoms with Crippen molar-refractivity contribution < 1.29 is 9.50 Å². The first kappa shape index (κ1) is 18.0. The lowest BCUT2D eigenvalue weighted by atomic mass is 10.1. The minimum absolute atomic E-state index is 0.311. The van der Waals surface area contributed by atoms with Crippen molar-refractivity contribution in [2.45, 2.75) is 32.0 Å². The number of hydrogen-bond acceptors (Lipinski definition) is 5. The topological polar surface area (TPSA) is 57.4 Å². The molecule has 3 rings (SSSR count). The van der Waals surface area contributed by atoms with Gasteiger partial charge in [-0.2, -0.15) is 0 Å². The van der Waals surface area contributed by atoms with E-state index >= 15 is 0 Å². The number of nitrogens with zero attached hydrogens (tertiary/aromatic N) is 5. The van der Waals surface area contributed by atoms with E-state index in [1.54, 1.807) is 12.1 Å². The van der Waals surface area contributed by atoms with Gasteiger partial charge in [-0.25, -0.2) is 4.39 Å². The molecule has 2 atom stereocenters. The molecule has 0 unspecified atom stereocenters. The molecule has 7 heteroatoms. The second kappa shape index (κ2) is 7.59. The molecule has 0 radical (unpaired) electrons. The Balaban J connectivity index is 1.53. The molecule has 0 amide bonds. The number of aromatic nitrogens is 3. The highest BCUT2D eigenvalue weighted by atomic mass is 19.1. The lowest BCUT2D eigenvalue weighted by molar-refractivity contribution is 0.119. The summed E-state index contributed by atoms with van der Waals surface area (Å²) in [4.78, 5) is 4.52. The largest absolute Gasteiger partial charge is 0.387 e. The smallest absolute Gasteiger partial charge is 0.146 e. The van der Waals surface area contributed by atoms with E-state index in [-0.39, 0.29) is 5.82 Å². The predicted octanol–water partition coefficient (Wildman–Crippen LogP) is 1.50. The Morgan fingerprint density at radius 3 is 2.88 bits per heavy atom. The zero-order valence-corrected chi connectivity index (χ0v) is 15.1. The molecule has 1 aliphatic heterocycles. The summed E-state index contributed by atoms with van der Waals surface area (Å²) in [6.45, 7) is 5.04. The molecule has 1 aliphatic rings. The fraction of sp³-hybridized carbons (Fsp3) is 0.556. The van der Waals surface area contributed by atoms with Crippen LogP contribution >= 0.6 is 0 Å². The Hall–Kier alpha value is -1.83. The Kier molecular flexibility index (Phi) is 5.46. The third-order valence-corrected chi connectivity index (χ3v) is 5.11. The van der Waals surface area contributed by atoms with Gasteiger partial charge in [0.15, 0.2) is 0 Å². The molecule has 1 N–H and O–H groups in total. The van der Waals surface area contributed by atoms with Crippen molar-refractivity contribution in [2.24, 2.45) is 7.05 Å². The Bertz CT molecular complexity index is 719. The molecule has 0 saturated carbocycles. The van der Waals surface area contributed by atoms with Crippen molar-refractivity contribution in [1.82, 2.24) is 24.6 Å². The average Bonchev–Trinajstić information content (AvgIpc) is 3.17. The van der Waals surface area contributed by atoms with Crippen LogP contribution in [0.3, 0.4) is 0 Å². The minimum atomic E-state index is -0.666. The van der Waals surface area contributed by atoms with Crippen molar-refractivity contribution >= 4 is 0 Å². The van der Waals surface area contributed by atoms with Crippen molar-refractivity contribution in [3.8, 4) is 0 Å². The standard InChI is InChI=1S/C18H26FN5O/c1-13-20-21-18(23(13)3)12-22(2)16-7-8-24(10-16)11-17(25)14-5-4-6-15(19)9-14/h4-6,9,16-17,25H,7-8,10-12H2,1-3H3/t16-,17+/m0/s1. The molecule has 1 fully saturated rings. The number of likely N-dealkylation sites (N-methyl/N-ethyl adjacent to an activating group) is 1. The quantitative estimate of drug-likeness (QED) is 0.858. The number of aliphatic hydroxyl groups is 1. The first-order valence-corrected chi connectivity index (χ1v) is 8.65. The Morgan fingerprint density at radius 2 is 2.20 bits per heavy atom. The van der Waals surface area contributed by atoms with Crippen molar-refractivity contribution in [1.29, 1.82) is 0 Å². The van der Waals surface area contributed by atoms with Crippen LogP contribution in [0, 0.1) is 12.7 Å². The fourth-order valence-electron chi connectivity index (χ4n) is 3.34. The van der Waals surface area contributed by atoms with Crippen molar-refractivity contribution in [3.63, 3.8) is 0 Å². The second-order valence-corrected chi connectivity index (χ2v) is 6.91. The molecule has 0 aliphatic carbocycles. The van der Waals surface area contributed by atoms with Gasteiger partial charge >= 0.3 is 0 Å². The van der Waals surface area contributed by atoms with Crippen LogP contribution in [0.1, 0.15) is 29.7 Å². The zero-order chi connectivity index (χ0) is 18.0. The molecule has 0 bridgehead atoms. The number of hydrogen-bond donors (Lipinski definition) is 1. The maximum atomic E-state index is 13.3. The molecular formula is C18H26FN5O. The SMILES string of the molecule is Cc1nnc(CN(C)[C@H]2CCN(C[C@@H](O)c3cccc(F)c3)C2)n1C. The summed E-state index contributed by atoms with van der Waals surface area (Å²) in [6, 6.07) is 6.62. The van der Waals surface area contributed by atoms with Gasteiger partial charge in [-0.3, -0.25) is 9.80 Å². The van der Waals surface area contributed by atoms with Gasteiger partial charge < -0.3 is 9.67 Å². The lowest BCUT2D eigenvalue weighted by Crippen LogP contribution is -2.35. The minimum Gasteiger partial charge on any atom is -0.387 e. The molecule has 136 valence electrons. The van der Waals surface area contributed by atoms with E-state index in [0.29, 0.717) is 18.2 Å². The van der Waals surface area contributed by atoms with E-state index in [4.69, 9.17) is 0 Å². The van der Waals surface area contributed by atoms with Gasteiger partial charge in [0.05, 0.1) is 12.6 Å². The predicted molar refractivity (Wildman–Crippen MR) is 93.4 cm³/mol. The van der Waals surface area contributed by atoms with Gasteiger partial charge in [-0.05, 0) is 44.6 Å². The summed E-state index contributed by atoms with van der Waals surface area (Å²) in [5.41, 5.74) is 0.631. The van der Waals surface area contributed by atoms with Gasteiger partial charge in [0, 0.05) is 26.2 Å². The van der Waals surface area contributed by atoms with Gasteiger partial charge in [0.2, 0.25) is 0 Å². The lowest BCUT2D eigenvalue weighted by Gasteiger charge is -2.25. The van der Waals surface area contributed by atoms with E-state index < -0.39 is 6.10 Å². The van der Waals surface area contributed by atoms with Crippen molar-refractivity contribution in [2.75, 3.05) is 26.7 Å². The van der Waals surface area contributed by atoms with Crippen LogP contribution in [0.4, 0.5) is 4.39 Å². The first-order chi connectivity index (χ1) is 11.9.